The van der Waals surface area contributed by atoms with Gasteiger partial charge < -0.3 is 24.8 Å². The van der Waals surface area contributed by atoms with E-state index in [9.17, 15) is 9.90 Å². The first kappa shape index (κ1) is 16.5. The molecule has 6 heteroatoms. The van der Waals surface area contributed by atoms with Crippen molar-refractivity contribution in [3.05, 3.63) is 0 Å². The van der Waals surface area contributed by atoms with Crippen molar-refractivity contribution in [2.24, 2.45) is 0 Å². The lowest BCUT2D eigenvalue weighted by molar-refractivity contribution is 0.0183. The number of amides is 1. The van der Waals surface area contributed by atoms with E-state index in [0.29, 0.717) is 32.7 Å². The molecule has 2 aliphatic rings. The van der Waals surface area contributed by atoms with E-state index in [2.05, 4.69) is 5.32 Å². The molecule has 2 rings (SSSR count). The van der Waals surface area contributed by atoms with Gasteiger partial charge in [0.1, 0.15) is 11.2 Å². The Kier molecular flexibility index (Phi) is 5.11. The van der Waals surface area contributed by atoms with Crippen LogP contribution in [-0.4, -0.2) is 66.2 Å². The summed E-state index contributed by atoms with van der Waals surface area (Å²) in [6.45, 7) is 8.57. The lowest BCUT2D eigenvalue weighted by Crippen LogP contribution is -2.48. The molecule has 2 N–H and O–H groups in total. The number of nitrogens with one attached hydrogen (secondary N) is 1. The van der Waals surface area contributed by atoms with E-state index in [4.69, 9.17) is 9.47 Å². The summed E-state index contributed by atoms with van der Waals surface area (Å²) in [6.07, 6.45) is 2.40. The summed E-state index contributed by atoms with van der Waals surface area (Å²) in [7, 11) is 0. The van der Waals surface area contributed by atoms with Crippen LogP contribution in [0.2, 0.25) is 0 Å². The van der Waals surface area contributed by atoms with Crippen LogP contribution in [0.4, 0.5) is 4.79 Å². The molecule has 2 unspecified atom stereocenters. The molecule has 2 aliphatic heterocycles. The summed E-state index contributed by atoms with van der Waals surface area (Å²) >= 11 is 0. The van der Waals surface area contributed by atoms with E-state index in [-0.39, 0.29) is 12.1 Å². The lowest BCUT2D eigenvalue weighted by Gasteiger charge is -2.29. The number of carbonyl (C=O) groups is 1. The predicted octanol–water partition coefficient (Wildman–Crippen LogP) is 1.13. The number of rotatable bonds is 4. The van der Waals surface area contributed by atoms with Crippen molar-refractivity contribution in [3.63, 3.8) is 0 Å². The maximum Gasteiger partial charge on any atom is 0.410 e. The molecule has 2 atom stereocenters. The van der Waals surface area contributed by atoms with Gasteiger partial charge in [-0.1, -0.05) is 0 Å². The Hall–Kier alpha value is -0.850. The van der Waals surface area contributed by atoms with Gasteiger partial charge in [-0.15, -0.1) is 0 Å². The van der Waals surface area contributed by atoms with Gasteiger partial charge in [0.2, 0.25) is 0 Å². The van der Waals surface area contributed by atoms with Crippen molar-refractivity contribution in [1.29, 1.82) is 0 Å². The van der Waals surface area contributed by atoms with E-state index >= 15 is 0 Å². The molecular weight excluding hydrogens is 272 g/mol. The topological polar surface area (TPSA) is 71.0 Å². The highest BCUT2D eigenvalue weighted by Crippen LogP contribution is 2.21. The maximum atomic E-state index is 12.2. The van der Waals surface area contributed by atoms with Gasteiger partial charge in [0, 0.05) is 38.7 Å². The Morgan fingerprint density at radius 3 is 2.90 bits per heavy atom. The van der Waals surface area contributed by atoms with Crippen LogP contribution in [0.25, 0.3) is 0 Å². The number of likely N-dealkylation sites (tertiary alicyclic amines) is 1. The van der Waals surface area contributed by atoms with E-state index in [0.717, 1.165) is 19.4 Å². The number of hydrogen-bond donors (Lipinski definition) is 2. The second kappa shape index (κ2) is 6.50. The summed E-state index contributed by atoms with van der Waals surface area (Å²) in [5.74, 6) is 0. The van der Waals surface area contributed by atoms with Crippen molar-refractivity contribution in [1.82, 2.24) is 10.2 Å². The smallest absolute Gasteiger partial charge is 0.410 e. The fourth-order valence-corrected chi connectivity index (χ4v) is 2.82. The third kappa shape index (κ3) is 4.83. The Bertz CT molecular complexity index is 361. The number of aliphatic hydroxyl groups is 1. The average molecular weight is 300 g/mol. The third-order valence-electron chi connectivity index (χ3n) is 3.92. The summed E-state index contributed by atoms with van der Waals surface area (Å²) < 4.78 is 10.7. The molecule has 0 aromatic heterocycles. The van der Waals surface area contributed by atoms with Crippen molar-refractivity contribution in [2.75, 3.05) is 32.8 Å². The quantitative estimate of drug-likeness (QED) is 0.814. The van der Waals surface area contributed by atoms with Crippen LogP contribution in [0.15, 0.2) is 0 Å². The minimum Gasteiger partial charge on any atom is -0.444 e. The number of hydrogen-bond acceptors (Lipinski definition) is 5. The van der Waals surface area contributed by atoms with Gasteiger partial charge in [-0.05, 0) is 33.6 Å². The molecule has 0 aromatic rings. The standard InChI is InChI=1S/C15H28N2O4/c1-14(2,3)21-13(18)17-7-4-5-12(17)9-16-10-15(19)6-8-20-11-15/h12,16,19H,4-11H2,1-3H3. The molecule has 6 nitrogen and oxygen atoms in total. The normalized spacial score (nSPS) is 29.9. The highest BCUT2D eigenvalue weighted by Gasteiger charge is 2.34. The third-order valence-corrected chi connectivity index (χ3v) is 3.92. The van der Waals surface area contributed by atoms with Crippen LogP contribution in [0.1, 0.15) is 40.0 Å². The molecule has 0 radical (unpaired) electrons. The van der Waals surface area contributed by atoms with E-state index in [1.165, 1.54) is 0 Å². The highest BCUT2D eigenvalue weighted by atomic mass is 16.6. The monoisotopic (exact) mass is 300 g/mol. The van der Waals surface area contributed by atoms with Gasteiger partial charge in [0.15, 0.2) is 0 Å². The minimum atomic E-state index is -0.755. The summed E-state index contributed by atoms with van der Waals surface area (Å²) in [5, 5.41) is 13.5. The van der Waals surface area contributed by atoms with Crippen molar-refractivity contribution >= 4 is 6.09 Å². The Morgan fingerprint density at radius 2 is 2.29 bits per heavy atom. The van der Waals surface area contributed by atoms with Crippen LogP contribution < -0.4 is 5.32 Å². The molecule has 21 heavy (non-hydrogen) atoms. The van der Waals surface area contributed by atoms with Gasteiger partial charge in [-0.25, -0.2) is 4.79 Å². The Morgan fingerprint density at radius 1 is 1.52 bits per heavy atom. The number of nitrogens with zero attached hydrogens (tertiary/aromatic N) is 1. The van der Waals surface area contributed by atoms with E-state index in [1.807, 2.05) is 20.8 Å². The van der Waals surface area contributed by atoms with Crippen LogP contribution in [0.5, 0.6) is 0 Å². The molecule has 0 spiro atoms. The van der Waals surface area contributed by atoms with Crippen molar-refractivity contribution < 1.29 is 19.4 Å². The summed E-state index contributed by atoms with van der Waals surface area (Å²) in [6, 6.07) is 0.144. The van der Waals surface area contributed by atoms with Crippen molar-refractivity contribution in [3.8, 4) is 0 Å². The first-order valence-electron chi connectivity index (χ1n) is 7.80. The highest BCUT2D eigenvalue weighted by molar-refractivity contribution is 5.69. The van der Waals surface area contributed by atoms with Crippen LogP contribution in [-0.2, 0) is 9.47 Å². The minimum absolute atomic E-state index is 0.144. The lowest BCUT2D eigenvalue weighted by atomic mass is 10.0. The van der Waals surface area contributed by atoms with Crippen LogP contribution in [0, 0.1) is 0 Å². The number of carbonyl (C=O) groups excluding carboxylic acids is 1. The van der Waals surface area contributed by atoms with Gasteiger partial charge in [-0.2, -0.15) is 0 Å². The number of ether oxygens (including phenoxy) is 2. The molecule has 0 saturated carbocycles. The van der Waals surface area contributed by atoms with E-state index in [1.54, 1.807) is 4.90 Å². The molecular formula is C15H28N2O4. The average Bonchev–Trinajstić information content (AvgIpc) is 2.96. The van der Waals surface area contributed by atoms with Crippen LogP contribution >= 0.6 is 0 Å². The zero-order valence-corrected chi connectivity index (χ0v) is 13.4. The van der Waals surface area contributed by atoms with Crippen LogP contribution in [0.3, 0.4) is 0 Å². The first-order valence-corrected chi connectivity index (χ1v) is 7.80. The summed E-state index contributed by atoms with van der Waals surface area (Å²) in [5.41, 5.74) is -1.22. The predicted molar refractivity (Wildman–Crippen MR) is 79.2 cm³/mol. The fourth-order valence-electron chi connectivity index (χ4n) is 2.82. The molecule has 0 bridgehead atoms. The second-order valence-electron chi connectivity index (χ2n) is 7.13. The molecule has 122 valence electrons. The molecule has 1 amide bonds. The SMILES string of the molecule is CC(C)(C)OC(=O)N1CCCC1CNCC1(O)CCOC1. The first-order chi connectivity index (χ1) is 9.79. The van der Waals surface area contributed by atoms with Gasteiger partial charge in [0.25, 0.3) is 0 Å². The molecule has 0 aliphatic carbocycles. The largest absolute Gasteiger partial charge is 0.444 e. The van der Waals surface area contributed by atoms with Gasteiger partial charge >= 0.3 is 6.09 Å². The molecule has 2 heterocycles. The molecule has 2 fully saturated rings. The Balaban J connectivity index is 1.78. The van der Waals surface area contributed by atoms with E-state index < -0.39 is 11.2 Å². The Labute approximate surface area is 126 Å². The molecule has 0 aromatic carbocycles. The second-order valence-corrected chi connectivity index (χ2v) is 7.13. The molecule has 2 saturated heterocycles. The summed E-state index contributed by atoms with van der Waals surface area (Å²) in [4.78, 5) is 14.0. The van der Waals surface area contributed by atoms with Gasteiger partial charge in [0.05, 0.1) is 6.61 Å². The zero-order chi connectivity index (χ0) is 15.5. The van der Waals surface area contributed by atoms with Crippen molar-refractivity contribution in [2.45, 2.75) is 57.3 Å². The fraction of sp³-hybridized carbons (Fsp3) is 0.933. The van der Waals surface area contributed by atoms with Gasteiger partial charge in [-0.3, -0.25) is 0 Å². The zero-order valence-electron chi connectivity index (χ0n) is 13.4. The maximum absolute atomic E-state index is 12.2.